The van der Waals surface area contributed by atoms with E-state index in [9.17, 15) is 0 Å². The second-order valence-corrected chi connectivity index (χ2v) is 17.6. The molecule has 0 radical (unpaired) electrons. The third-order valence-electron chi connectivity index (χ3n) is 13.8. The second kappa shape index (κ2) is 11.9. The Hall–Kier alpha value is -6.76. The molecule has 2 aliphatic carbocycles. The molecule has 0 saturated heterocycles. The van der Waals surface area contributed by atoms with Crippen molar-refractivity contribution in [2.75, 3.05) is 0 Å². The number of benzene rings is 10. The first-order valence-corrected chi connectivity index (χ1v) is 20.7. The minimum Gasteiger partial charge on any atom is -0.0622 e. The molecular formula is C58H42. The van der Waals surface area contributed by atoms with E-state index in [0.717, 1.165) is 0 Å². The summed E-state index contributed by atoms with van der Waals surface area (Å²) in [6.45, 7) is 9.76. The molecule has 0 heterocycles. The van der Waals surface area contributed by atoms with Gasteiger partial charge in [0.15, 0.2) is 0 Å². The first-order valence-electron chi connectivity index (χ1n) is 20.7. The number of rotatable bonds is 3. The molecule has 0 spiro atoms. The summed E-state index contributed by atoms with van der Waals surface area (Å²) in [6, 6.07) is 68.4. The van der Waals surface area contributed by atoms with Gasteiger partial charge in [-0.1, -0.05) is 185 Å². The van der Waals surface area contributed by atoms with Crippen LogP contribution in [0.4, 0.5) is 0 Å². The molecule has 0 atom stereocenters. The predicted molar refractivity (Wildman–Crippen MR) is 248 cm³/mol. The zero-order valence-corrected chi connectivity index (χ0v) is 33.3. The minimum atomic E-state index is -0.216. The first kappa shape index (κ1) is 33.4. The Balaban J connectivity index is 1.15. The molecule has 0 fully saturated rings. The molecule has 0 N–H and O–H groups in total. The standard InChI is InChI=1S/C58H42/c1-57(2)49-31-45(35-19-7-5-8-20-35)37-23-11-15-27-41(37)53(49)55-43-29-17-13-25-39(43)47(33-51(55)57)48-34-52-56(44-30-18-14-26-40(44)48)54-42-28-16-12-24-38(42)46(32-50(54)58(52,3)4)36-21-9-6-10-22-36/h5-34H,1-4H3. The van der Waals surface area contributed by atoms with Gasteiger partial charge in [0.1, 0.15) is 0 Å². The lowest BCUT2D eigenvalue weighted by Gasteiger charge is -2.25. The van der Waals surface area contributed by atoms with Crippen molar-refractivity contribution in [1.82, 2.24) is 0 Å². The van der Waals surface area contributed by atoms with Crippen molar-refractivity contribution in [1.29, 1.82) is 0 Å². The maximum Gasteiger partial charge on any atom is 0.0159 e. The highest BCUT2D eigenvalue weighted by Gasteiger charge is 2.41. The Morgan fingerprint density at radius 1 is 0.241 bits per heavy atom. The van der Waals surface area contributed by atoms with Crippen LogP contribution in [0.25, 0.3) is 98.7 Å². The molecule has 0 unspecified atom stereocenters. The Labute approximate surface area is 340 Å². The fourth-order valence-corrected chi connectivity index (χ4v) is 11.0. The van der Waals surface area contributed by atoms with Gasteiger partial charge in [-0.15, -0.1) is 0 Å². The van der Waals surface area contributed by atoms with Gasteiger partial charge in [-0.05, 0) is 145 Å². The van der Waals surface area contributed by atoms with Crippen LogP contribution in [0.5, 0.6) is 0 Å². The fraction of sp³-hybridized carbons (Fsp3) is 0.103. The van der Waals surface area contributed by atoms with Crippen molar-refractivity contribution in [3.05, 3.63) is 204 Å². The Morgan fingerprint density at radius 2 is 0.466 bits per heavy atom. The van der Waals surface area contributed by atoms with Gasteiger partial charge in [-0.3, -0.25) is 0 Å². The largest absolute Gasteiger partial charge is 0.0622 e. The molecular weight excluding hydrogens is 697 g/mol. The lowest BCUT2D eigenvalue weighted by Crippen LogP contribution is -2.16. The van der Waals surface area contributed by atoms with Gasteiger partial charge in [0.2, 0.25) is 0 Å². The molecule has 58 heavy (non-hydrogen) atoms. The zero-order valence-electron chi connectivity index (χ0n) is 33.3. The van der Waals surface area contributed by atoms with E-state index in [1.54, 1.807) is 0 Å². The summed E-state index contributed by atoms with van der Waals surface area (Å²) in [5.74, 6) is 0. The van der Waals surface area contributed by atoms with Gasteiger partial charge in [0.05, 0.1) is 0 Å². The Bertz CT molecular complexity index is 3130. The van der Waals surface area contributed by atoms with Crippen LogP contribution in [0.1, 0.15) is 49.9 Å². The summed E-state index contributed by atoms with van der Waals surface area (Å²) in [4.78, 5) is 0. The maximum absolute atomic E-state index is 2.57. The van der Waals surface area contributed by atoms with E-state index in [-0.39, 0.29) is 10.8 Å². The van der Waals surface area contributed by atoms with Gasteiger partial charge in [-0.25, -0.2) is 0 Å². The molecule has 12 rings (SSSR count). The highest BCUT2D eigenvalue weighted by atomic mass is 14.4. The Kier molecular flexibility index (Phi) is 6.84. The lowest BCUT2D eigenvalue weighted by molar-refractivity contribution is 0.660. The van der Waals surface area contributed by atoms with Crippen LogP contribution >= 0.6 is 0 Å². The first-order chi connectivity index (χ1) is 28.3. The minimum absolute atomic E-state index is 0.216. The second-order valence-electron chi connectivity index (χ2n) is 17.6. The average Bonchev–Trinajstić information content (AvgIpc) is 3.65. The summed E-state index contributed by atoms with van der Waals surface area (Å²) < 4.78 is 0. The predicted octanol–water partition coefficient (Wildman–Crippen LogP) is 15.9. The van der Waals surface area contributed by atoms with Crippen LogP contribution in [0.2, 0.25) is 0 Å². The van der Waals surface area contributed by atoms with Crippen molar-refractivity contribution in [2.45, 2.75) is 38.5 Å². The lowest BCUT2D eigenvalue weighted by atomic mass is 9.77. The number of hydrogen-bond acceptors (Lipinski definition) is 0. The van der Waals surface area contributed by atoms with Crippen LogP contribution in [0.3, 0.4) is 0 Å². The topological polar surface area (TPSA) is 0 Å². The van der Waals surface area contributed by atoms with Gasteiger partial charge < -0.3 is 0 Å². The molecule has 0 amide bonds. The summed E-state index contributed by atoms with van der Waals surface area (Å²) in [7, 11) is 0. The van der Waals surface area contributed by atoms with E-state index in [4.69, 9.17) is 0 Å². The molecule has 10 aromatic carbocycles. The third-order valence-corrected chi connectivity index (χ3v) is 13.8. The van der Waals surface area contributed by atoms with Gasteiger partial charge in [0, 0.05) is 10.8 Å². The van der Waals surface area contributed by atoms with E-state index in [1.807, 2.05) is 0 Å². The van der Waals surface area contributed by atoms with E-state index < -0.39 is 0 Å². The van der Waals surface area contributed by atoms with E-state index >= 15 is 0 Å². The van der Waals surface area contributed by atoms with Crippen LogP contribution in [-0.2, 0) is 10.8 Å². The van der Waals surface area contributed by atoms with Crippen LogP contribution in [0, 0.1) is 0 Å². The number of hydrogen-bond donors (Lipinski definition) is 0. The van der Waals surface area contributed by atoms with Gasteiger partial charge >= 0.3 is 0 Å². The third kappa shape index (κ3) is 4.41. The molecule has 0 aromatic heterocycles. The normalized spacial score (nSPS) is 14.5. The summed E-state index contributed by atoms with van der Waals surface area (Å²) in [6.07, 6.45) is 0. The molecule has 2 aliphatic rings. The monoisotopic (exact) mass is 738 g/mol. The SMILES string of the molecule is CC1(C)c2cc(-c3ccccc3)c3ccccc3c2-c2c1cc(-c1cc3c(c4ccccc14)-c1c(cc(-c4ccccc4)c4ccccc14)C3(C)C)c1ccccc21. The van der Waals surface area contributed by atoms with E-state index in [1.165, 1.54) is 121 Å². The van der Waals surface area contributed by atoms with Crippen molar-refractivity contribution >= 4 is 43.1 Å². The molecule has 0 heteroatoms. The molecule has 0 nitrogen and oxygen atoms in total. The molecule has 274 valence electrons. The van der Waals surface area contributed by atoms with Crippen molar-refractivity contribution in [3.8, 4) is 55.6 Å². The smallest absolute Gasteiger partial charge is 0.0159 e. The van der Waals surface area contributed by atoms with Crippen LogP contribution in [0.15, 0.2) is 182 Å². The zero-order chi connectivity index (χ0) is 38.9. The van der Waals surface area contributed by atoms with Crippen molar-refractivity contribution in [3.63, 3.8) is 0 Å². The summed E-state index contributed by atoms with van der Waals surface area (Å²) in [5.41, 5.74) is 18.4. The molecule has 0 bridgehead atoms. The van der Waals surface area contributed by atoms with Crippen LogP contribution < -0.4 is 0 Å². The molecule has 0 aliphatic heterocycles. The van der Waals surface area contributed by atoms with E-state index in [0.29, 0.717) is 0 Å². The van der Waals surface area contributed by atoms with Gasteiger partial charge in [-0.2, -0.15) is 0 Å². The van der Waals surface area contributed by atoms with Crippen molar-refractivity contribution < 1.29 is 0 Å². The van der Waals surface area contributed by atoms with Crippen molar-refractivity contribution in [2.24, 2.45) is 0 Å². The number of fused-ring (bicyclic) bond motifs is 14. The van der Waals surface area contributed by atoms with Gasteiger partial charge in [0.25, 0.3) is 0 Å². The maximum atomic E-state index is 2.57. The summed E-state index contributed by atoms with van der Waals surface area (Å²) >= 11 is 0. The van der Waals surface area contributed by atoms with E-state index in [2.05, 4.69) is 210 Å². The quantitative estimate of drug-likeness (QED) is 0.169. The fourth-order valence-electron chi connectivity index (χ4n) is 11.0. The highest BCUT2D eigenvalue weighted by Crippen LogP contribution is 2.59. The van der Waals surface area contributed by atoms with Crippen LogP contribution in [-0.4, -0.2) is 0 Å². The highest BCUT2D eigenvalue weighted by molar-refractivity contribution is 6.21. The molecule has 0 saturated carbocycles. The molecule has 10 aromatic rings. The average molecular weight is 739 g/mol. The Morgan fingerprint density at radius 3 is 0.759 bits per heavy atom. The summed E-state index contributed by atoms with van der Waals surface area (Å²) in [5, 5.41) is 10.5.